The summed E-state index contributed by atoms with van der Waals surface area (Å²) in [5.74, 6) is 0.557. The molecule has 0 atom stereocenters. The molecular formula is C11H16N2O2. The van der Waals surface area contributed by atoms with Gasteiger partial charge in [-0.05, 0) is 37.1 Å². The first kappa shape index (κ1) is 11.5. The molecule has 1 aromatic carbocycles. The summed E-state index contributed by atoms with van der Waals surface area (Å²) < 4.78 is 5.07. The number of amides is 1. The highest BCUT2D eigenvalue weighted by Crippen LogP contribution is 2.16. The summed E-state index contributed by atoms with van der Waals surface area (Å²) in [6.07, 6.45) is -0.467. The Kier molecular flexibility index (Phi) is 4.12. The van der Waals surface area contributed by atoms with E-state index in [1.807, 2.05) is 32.0 Å². The minimum absolute atomic E-state index is 0.405. The number of ether oxygens (including phenoxy) is 1. The van der Waals surface area contributed by atoms with Crippen LogP contribution in [0.5, 0.6) is 5.75 Å². The fourth-order valence-corrected chi connectivity index (χ4v) is 1.31. The Morgan fingerprint density at radius 1 is 1.33 bits per heavy atom. The van der Waals surface area contributed by atoms with Gasteiger partial charge in [0.05, 0.1) is 0 Å². The second-order valence-corrected chi connectivity index (χ2v) is 3.43. The summed E-state index contributed by atoms with van der Waals surface area (Å²) in [7, 11) is 0. The van der Waals surface area contributed by atoms with Gasteiger partial charge in [0.2, 0.25) is 0 Å². The number of aryl methyl sites for hydroxylation is 2. The first-order chi connectivity index (χ1) is 7.11. The van der Waals surface area contributed by atoms with E-state index in [2.05, 4.69) is 5.32 Å². The highest BCUT2D eigenvalue weighted by molar-refractivity contribution is 5.70. The van der Waals surface area contributed by atoms with E-state index in [1.54, 1.807) is 0 Å². The van der Waals surface area contributed by atoms with Gasteiger partial charge in [-0.15, -0.1) is 0 Å². The second kappa shape index (κ2) is 5.36. The Bertz CT molecular complexity index is 330. The van der Waals surface area contributed by atoms with Crippen molar-refractivity contribution in [1.82, 2.24) is 5.32 Å². The van der Waals surface area contributed by atoms with Crippen LogP contribution in [0.2, 0.25) is 0 Å². The number of hydrogen-bond acceptors (Lipinski definition) is 3. The standard InChI is InChI=1S/C11H16N2O2/c1-8-5-9(2)7-10(6-8)15-11(14)13-4-3-12/h5-7H,3-4,12H2,1-2H3,(H,13,14). The van der Waals surface area contributed by atoms with Crippen LogP contribution in [0.15, 0.2) is 18.2 Å². The van der Waals surface area contributed by atoms with Gasteiger partial charge < -0.3 is 15.8 Å². The summed E-state index contributed by atoms with van der Waals surface area (Å²) in [6.45, 7) is 4.74. The van der Waals surface area contributed by atoms with E-state index in [0.29, 0.717) is 18.8 Å². The van der Waals surface area contributed by atoms with E-state index in [4.69, 9.17) is 10.5 Å². The Balaban J connectivity index is 2.60. The molecular weight excluding hydrogens is 192 g/mol. The van der Waals surface area contributed by atoms with Gasteiger partial charge in [0.25, 0.3) is 0 Å². The number of hydrogen-bond donors (Lipinski definition) is 2. The first-order valence-electron chi connectivity index (χ1n) is 4.86. The zero-order valence-corrected chi connectivity index (χ0v) is 9.04. The van der Waals surface area contributed by atoms with Crippen LogP contribution in [0.4, 0.5) is 4.79 Å². The van der Waals surface area contributed by atoms with Crippen molar-refractivity contribution in [1.29, 1.82) is 0 Å². The summed E-state index contributed by atoms with van der Waals surface area (Å²) in [6, 6.07) is 5.65. The molecule has 0 radical (unpaired) electrons. The molecule has 0 fully saturated rings. The highest BCUT2D eigenvalue weighted by atomic mass is 16.6. The third-order valence-electron chi connectivity index (χ3n) is 1.82. The Morgan fingerprint density at radius 2 is 1.93 bits per heavy atom. The van der Waals surface area contributed by atoms with Gasteiger partial charge in [0.1, 0.15) is 5.75 Å². The van der Waals surface area contributed by atoms with Gasteiger partial charge in [0.15, 0.2) is 0 Å². The van der Waals surface area contributed by atoms with Crippen LogP contribution in [-0.4, -0.2) is 19.2 Å². The number of benzene rings is 1. The smallest absolute Gasteiger partial charge is 0.410 e. The summed E-state index contributed by atoms with van der Waals surface area (Å²) in [4.78, 5) is 11.2. The molecule has 0 unspecified atom stereocenters. The average molecular weight is 208 g/mol. The molecule has 3 N–H and O–H groups in total. The molecule has 0 saturated heterocycles. The van der Waals surface area contributed by atoms with Crippen molar-refractivity contribution in [2.24, 2.45) is 5.73 Å². The highest BCUT2D eigenvalue weighted by Gasteiger charge is 2.03. The number of carbonyl (C=O) groups is 1. The van der Waals surface area contributed by atoms with Crippen LogP contribution >= 0.6 is 0 Å². The number of carbonyl (C=O) groups excluding carboxylic acids is 1. The monoisotopic (exact) mass is 208 g/mol. The minimum atomic E-state index is -0.467. The quantitative estimate of drug-likeness (QED) is 0.788. The van der Waals surface area contributed by atoms with Gasteiger partial charge in [-0.25, -0.2) is 4.79 Å². The molecule has 1 rings (SSSR count). The summed E-state index contributed by atoms with van der Waals surface area (Å²) in [5.41, 5.74) is 7.38. The lowest BCUT2D eigenvalue weighted by molar-refractivity contribution is 0.201. The molecule has 0 spiro atoms. The molecule has 1 amide bonds. The maximum absolute atomic E-state index is 11.2. The van der Waals surface area contributed by atoms with Crippen molar-refractivity contribution in [3.63, 3.8) is 0 Å². The molecule has 0 aliphatic rings. The Hall–Kier alpha value is -1.55. The van der Waals surface area contributed by atoms with E-state index >= 15 is 0 Å². The van der Waals surface area contributed by atoms with Gasteiger partial charge in [-0.2, -0.15) is 0 Å². The zero-order chi connectivity index (χ0) is 11.3. The lowest BCUT2D eigenvalue weighted by Gasteiger charge is -2.07. The van der Waals surface area contributed by atoms with Crippen LogP contribution in [0.3, 0.4) is 0 Å². The molecule has 0 saturated carbocycles. The molecule has 1 aromatic rings. The lowest BCUT2D eigenvalue weighted by atomic mass is 10.1. The minimum Gasteiger partial charge on any atom is -0.410 e. The van der Waals surface area contributed by atoms with Crippen molar-refractivity contribution in [2.75, 3.05) is 13.1 Å². The van der Waals surface area contributed by atoms with Gasteiger partial charge in [-0.1, -0.05) is 6.07 Å². The van der Waals surface area contributed by atoms with E-state index in [0.717, 1.165) is 11.1 Å². The molecule has 82 valence electrons. The maximum atomic E-state index is 11.2. The van der Waals surface area contributed by atoms with Crippen LogP contribution in [-0.2, 0) is 0 Å². The fourth-order valence-electron chi connectivity index (χ4n) is 1.31. The largest absolute Gasteiger partial charge is 0.412 e. The average Bonchev–Trinajstić information content (AvgIpc) is 2.13. The fraction of sp³-hybridized carbons (Fsp3) is 0.364. The molecule has 0 aromatic heterocycles. The third kappa shape index (κ3) is 3.99. The number of nitrogens with one attached hydrogen (secondary N) is 1. The number of rotatable bonds is 3. The molecule has 0 bridgehead atoms. The molecule has 4 nitrogen and oxygen atoms in total. The van der Waals surface area contributed by atoms with Gasteiger partial charge >= 0.3 is 6.09 Å². The predicted octanol–water partition coefficient (Wildman–Crippen LogP) is 1.35. The third-order valence-corrected chi connectivity index (χ3v) is 1.82. The molecule has 4 heteroatoms. The van der Waals surface area contributed by atoms with E-state index in [-0.39, 0.29) is 0 Å². The van der Waals surface area contributed by atoms with Crippen molar-refractivity contribution in [2.45, 2.75) is 13.8 Å². The molecule has 0 aliphatic carbocycles. The Morgan fingerprint density at radius 3 is 2.47 bits per heavy atom. The molecule has 0 heterocycles. The zero-order valence-electron chi connectivity index (χ0n) is 9.04. The van der Waals surface area contributed by atoms with Gasteiger partial charge in [0, 0.05) is 13.1 Å². The summed E-state index contributed by atoms with van der Waals surface area (Å²) in [5, 5.41) is 2.53. The van der Waals surface area contributed by atoms with Crippen LogP contribution in [0.1, 0.15) is 11.1 Å². The van der Waals surface area contributed by atoms with E-state index < -0.39 is 6.09 Å². The van der Waals surface area contributed by atoms with Crippen molar-refractivity contribution in [3.8, 4) is 5.75 Å². The van der Waals surface area contributed by atoms with Crippen LogP contribution in [0, 0.1) is 13.8 Å². The Labute approximate surface area is 89.4 Å². The van der Waals surface area contributed by atoms with Crippen molar-refractivity contribution in [3.05, 3.63) is 29.3 Å². The van der Waals surface area contributed by atoms with Crippen molar-refractivity contribution >= 4 is 6.09 Å². The number of nitrogens with two attached hydrogens (primary N) is 1. The first-order valence-corrected chi connectivity index (χ1v) is 4.86. The SMILES string of the molecule is Cc1cc(C)cc(OC(=O)NCCN)c1. The topological polar surface area (TPSA) is 64.3 Å². The second-order valence-electron chi connectivity index (χ2n) is 3.43. The van der Waals surface area contributed by atoms with Crippen molar-refractivity contribution < 1.29 is 9.53 Å². The van der Waals surface area contributed by atoms with E-state index in [1.165, 1.54) is 0 Å². The molecule has 0 aliphatic heterocycles. The normalized spacial score (nSPS) is 9.80. The lowest BCUT2D eigenvalue weighted by Crippen LogP contribution is -2.31. The van der Waals surface area contributed by atoms with Crippen LogP contribution in [0.25, 0.3) is 0 Å². The maximum Gasteiger partial charge on any atom is 0.412 e. The van der Waals surface area contributed by atoms with Gasteiger partial charge in [-0.3, -0.25) is 0 Å². The molecule has 15 heavy (non-hydrogen) atoms. The predicted molar refractivity (Wildman–Crippen MR) is 59.0 cm³/mol. The van der Waals surface area contributed by atoms with Crippen LogP contribution < -0.4 is 15.8 Å². The summed E-state index contributed by atoms with van der Waals surface area (Å²) >= 11 is 0. The van der Waals surface area contributed by atoms with E-state index in [9.17, 15) is 4.79 Å².